The molecule has 0 aromatic heterocycles. The summed E-state index contributed by atoms with van der Waals surface area (Å²) in [6.07, 6.45) is 17.8. The van der Waals surface area contributed by atoms with Crippen LogP contribution in [0.15, 0.2) is 0 Å². The maximum absolute atomic E-state index is 5.36. The predicted octanol–water partition coefficient (Wildman–Crippen LogP) is 15.3. The van der Waals surface area contributed by atoms with E-state index in [0.717, 1.165) is 50.2 Å². The predicted molar refractivity (Wildman–Crippen MR) is 263 cm³/mol. The van der Waals surface area contributed by atoms with Crippen LogP contribution in [-0.4, -0.2) is 79.3 Å². The highest BCUT2D eigenvalue weighted by molar-refractivity contribution is 8.14. The molecule has 0 spiro atoms. The molecule has 6 rings (SSSR count). The number of rotatable bonds is 1. The molecule has 0 unspecified atom stereocenters. The Kier molecular flexibility index (Phi) is 21.8. The lowest BCUT2D eigenvalue weighted by molar-refractivity contribution is -0.0342. The van der Waals surface area contributed by atoms with Crippen molar-refractivity contribution >= 4 is 28.1 Å². The molecule has 0 aromatic carbocycles. The summed E-state index contributed by atoms with van der Waals surface area (Å²) in [4.78, 5) is 2.75. The number of piperidine rings is 1. The summed E-state index contributed by atoms with van der Waals surface area (Å²) >= 11 is 2.11. The molecule has 0 amide bonds. The van der Waals surface area contributed by atoms with E-state index in [0.29, 0.717) is 48.4 Å². The van der Waals surface area contributed by atoms with Gasteiger partial charge >= 0.3 is 0 Å². The van der Waals surface area contributed by atoms with E-state index in [1.807, 2.05) is 0 Å². The summed E-state index contributed by atoms with van der Waals surface area (Å²) in [6.45, 7) is 46.8. The van der Waals surface area contributed by atoms with Gasteiger partial charge in [-0.3, -0.25) is 0 Å². The van der Waals surface area contributed by atoms with Gasteiger partial charge in [-0.05, 0) is 169 Å². The van der Waals surface area contributed by atoms with Crippen LogP contribution in [0.4, 0.5) is 0 Å². The summed E-state index contributed by atoms with van der Waals surface area (Å²) in [7, 11) is 0.504. The van der Waals surface area contributed by atoms with Gasteiger partial charge in [-0.2, -0.15) is 22.2 Å². The maximum atomic E-state index is 5.36. The van der Waals surface area contributed by atoms with Crippen molar-refractivity contribution < 1.29 is 9.47 Å². The second-order valence-corrected chi connectivity index (χ2v) is 28.3. The molecule has 5 saturated heterocycles. The van der Waals surface area contributed by atoms with Crippen LogP contribution in [-0.2, 0) is 9.47 Å². The Morgan fingerprint density at radius 1 is 0.509 bits per heavy atom. The summed E-state index contributed by atoms with van der Waals surface area (Å²) in [5.74, 6) is 12.5. The molecule has 57 heavy (non-hydrogen) atoms. The molecule has 5 heterocycles. The highest BCUT2D eigenvalue weighted by Crippen LogP contribution is 2.48. The standard InChI is InChI=1S/C14H27N.C10H20O.C10H20S.C9H18O.C9H18S/c1-13(2,3)14(4)8-10-15(11-9-14)12-6-5-7-12;1-9(2,3)10(4)5-7-11-8-6-10;1-10(2,3)9-5-7-11(4)8-6-9;2*1-9(2,3)8-4-6-10-7-5-8/h12H,5-11H2,1-4H3;5-8H2,1-4H3;9H,4-8H2,1-3H3;2*8H,4-7H2,1-3H3. The van der Waals surface area contributed by atoms with Crippen LogP contribution in [0.25, 0.3) is 0 Å². The smallest absolute Gasteiger partial charge is 0.0471 e. The Bertz CT molecular complexity index is 1060. The Morgan fingerprint density at radius 3 is 1.19 bits per heavy atom. The number of nitrogens with zero attached hydrogens (tertiary/aromatic N) is 1. The highest BCUT2D eigenvalue weighted by Gasteiger charge is 2.42. The molecule has 0 aromatic rings. The third kappa shape index (κ3) is 18.8. The maximum Gasteiger partial charge on any atom is 0.0471 e. The molecule has 0 bridgehead atoms. The van der Waals surface area contributed by atoms with Crippen LogP contribution in [0.3, 0.4) is 0 Å². The number of hydrogen-bond acceptors (Lipinski definition) is 4. The molecule has 6 fully saturated rings. The van der Waals surface area contributed by atoms with Crippen LogP contribution < -0.4 is 0 Å². The van der Waals surface area contributed by atoms with E-state index in [1.165, 1.54) is 120 Å². The minimum Gasteiger partial charge on any atom is -0.381 e. The van der Waals surface area contributed by atoms with Gasteiger partial charge in [-0.25, -0.2) is 0 Å². The van der Waals surface area contributed by atoms with Crippen molar-refractivity contribution in [2.45, 2.75) is 207 Å². The number of hydrogen-bond donors (Lipinski definition) is 0. The van der Waals surface area contributed by atoms with E-state index in [2.05, 4.69) is 140 Å². The monoisotopic (exact) mass is 838 g/mol. The molecule has 3 nitrogen and oxygen atoms in total. The van der Waals surface area contributed by atoms with Crippen molar-refractivity contribution in [2.24, 2.45) is 55.7 Å². The van der Waals surface area contributed by atoms with Crippen molar-refractivity contribution in [1.82, 2.24) is 4.90 Å². The minimum atomic E-state index is 0.427. The second kappa shape index (κ2) is 23.2. The van der Waals surface area contributed by atoms with Gasteiger partial charge in [0, 0.05) is 32.5 Å². The largest absolute Gasteiger partial charge is 0.381 e. The molecule has 1 aliphatic carbocycles. The summed E-state index contributed by atoms with van der Waals surface area (Å²) < 4.78 is 10.7. The van der Waals surface area contributed by atoms with E-state index in [9.17, 15) is 0 Å². The normalized spacial score (nSPS) is 27.0. The topological polar surface area (TPSA) is 21.7 Å². The average molecular weight is 839 g/mol. The van der Waals surface area contributed by atoms with Crippen molar-refractivity contribution in [3.05, 3.63) is 0 Å². The third-order valence-corrected chi connectivity index (χ3v) is 19.0. The van der Waals surface area contributed by atoms with Crippen molar-refractivity contribution in [2.75, 3.05) is 62.5 Å². The van der Waals surface area contributed by atoms with Crippen LogP contribution in [0.1, 0.15) is 201 Å². The van der Waals surface area contributed by atoms with E-state index in [-0.39, 0.29) is 0 Å². The van der Waals surface area contributed by atoms with Gasteiger partial charge in [0.15, 0.2) is 0 Å². The van der Waals surface area contributed by atoms with Gasteiger partial charge in [-0.1, -0.05) is 130 Å². The highest BCUT2D eigenvalue weighted by atomic mass is 32.2. The first-order valence-electron chi connectivity index (χ1n) is 24.0. The van der Waals surface area contributed by atoms with E-state index in [4.69, 9.17) is 9.47 Å². The lowest BCUT2D eigenvalue weighted by Crippen LogP contribution is -2.50. The summed E-state index contributed by atoms with van der Waals surface area (Å²) in [5, 5.41) is 0. The molecule has 6 aliphatic rings. The molecule has 1 saturated carbocycles. The fourth-order valence-electron chi connectivity index (χ4n) is 9.31. The molecule has 5 aliphatic heterocycles. The van der Waals surface area contributed by atoms with Gasteiger partial charge in [0.2, 0.25) is 0 Å². The Hall–Kier alpha value is 0.450. The Labute approximate surface area is 366 Å². The van der Waals surface area contributed by atoms with E-state index in [1.54, 1.807) is 0 Å². The zero-order valence-electron chi connectivity index (χ0n) is 41.9. The first kappa shape index (κ1) is 53.6. The number of likely N-dealkylation sites (tertiary alicyclic amines) is 1. The molecule has 0 radical (unpaired) electrons. The molecule has 340 valence electrons. The van der Waals surface area contributed by atoms with Gasteiger partial charge in [0.05, 0.1) is 0 Å². The van der Waals surface area contributed by atoms with Crippen molar-refractivity contribution in [1.29, 1.82) is 0 Å². The first-order chi connectivity index (χ1) is 26.1. The zero-order valence-corrected chi connectivity index (χ0v) is 43.5. The van der Waals surface area contributed by atoms with Crippen molar-refractivity contribution in [3.63, 3.8) is 0 Å². The molecular weight excluding hydrogens is 735 g/mol. The van der Waals surface area contributed by atoms with Crippen LogP contribution in [0.5, 0.6) is 0 Å². The lowest BCUT2D eigenvalue weighted by atomic mass is 9.62. The first-order valence-corrected chi connectivity index (χ1v) is 26.9. The van der Waals surface area contributed by atoms with Gasteiger partial charge in [0.1, 0.15) is 0 Å². The third-order valence-electron chi connectivity index (χ3n) is 16.3. The quantitative estimate of drug-likeness (QED) is 0.245. The van der Waals surface area contributed by atoms with Gasteiger partial charge in [-0.15, -0.1) is 0 Å². The number of thioether (sulfide) groups is 1. The van der Waals surface area contributed by atoms with Crippen molar-refractivity contribution in [3.8, 4) is 0 Å². The fourth-order valence-corrected chi connectivity index (χ4v) is 11.9. The Morgan fingerprint density at radius 2 is 0.877 bits per heavy atom. The van der Waals surface area contributed by atoms with Gasteiger partial charge in [0.25, 0.3) is 0 Å². The van der Waals surface area contributed by atoms with E-state index >= 15 is 0 Å². The lowest BCUT2D eigenvalue weighted by Gasteiger charge is -2.50. The molecule has 5 heteroatoms. The van der Waals surface area contributed by atoms with Crippen LogP contribution >= 0.6 is 22.2 Å². The minimum absolute atomic E-state index is 0.427. The zero-order chi connectivity index (χ0) is 43.3. The fraction of sp³-hybridized carbons (Fsp3) is 0.981. The molecular formula is C52H103NO2S2. The second-order valence-electron chi connectivity index (χ2n) is 25.0. The summed E-state index contributed by atoms with van der Waals surface area (Å²) in [6, 6.07) is 0.953. The average Bonchev–Trinajstić information content (AvgIpc) is 3.09. The van der Waals surface area contributed by atoms with Crippen LogP contribution in [0.2, 0.25) is 0 Å². The number of ether oxygens (including phenoxy) is 2. The van der Waals surface area contributed by atoms with E-state index < -0.39 is 0 Å². The van der Waals surface area contributed by atoms with Gasteiger partial charge < -0.3 is 14.4 Å². The SMILES string of the molecule is C=S1CCC(C(C)(C)C)CC1.CC(C)(C)C1(C)CCN(C2CCC2)CC1.CC(C)(C)C1(C)CCOCC1.CC(C)(C)C1CCOCC1.CC(C)(C)C1CCSCC1. The Balaban J connectivity index is 0.000000248. The van der Waals surface area contributed by atoms with Crippen LogP contribution in [0, 0.1) is 55.7 Å². The summed E-state index contributed by atoms with van der Waals surface area (Å²) in [5.41, 5.74) is 3.53. The molecule has 0 atom stereocenters. The molecule has 0 N–H and O–H groups in total.